The lowest BCUT2D eigenvalue weighted by Crippen LogP contribution is -2.47. The van der Waals surface area contributed by atoms with Crippen LogP contribution < -0.4 is 5.32 Å². The maximum atomic E-state index is 9.61. The Bertz CT molecular complexity index is 225. The predicted molar refractivity (Wildman–Crippen MR) is 82.4 cm³/mol. The van der Waals surface area contributed by atoms with Gasteiger partial charge >= 0.3 is 0 Å². The molecular weight excluding hydrogens is 236 g/mol. The number of hydrogen-bond donors (Lipinski definition) is 2. The van der Waals surface area contributed by atoms with Crippen LogP contribution in [0.3, 0.4) is 0 Å². The summed E-state index contributed by atoms with van der Waals surface area (Å²) in [6.07, 6.45) is 4.80. The van der Waals surface area contributed by atoms with Gasteiger partial charge in [0.1, 0.15) is 0 Å². The lowest BCUT2D eigenvalue weighted by atomic mass is 9.83. The van der Waals surface area contributed by atoms with E-state index in [-0.39, 0.29) is 5.41 Å². The van der Waals surface area contributed by atoms with Crippen LogP contribution in [-0.4, -0.2) is 48.8 Å². The zero-order valence-electron chi connectivity index (χ0n) is 13.4. The molecule has 1 aliphatic rings. The van der Waals surface area contributed by atoms with Gasteiger partial charge in [0.25, 0.3) is 0 Å². The standard InChI is InChI=1S/C16H34N2O/c1-5-16(6-2,13-19)12-17-11-15(14(3)4)18-9-7-8-10-18/h14-15,17,19H,5-13H2,1-4H3. The predicted octanol–water partition coefficient (Wildman–Crippen LogP) is 2.50. The Morgan fingerprint density at radius 2 is 1.74 bits per heavy atom. The molecule has 0 aromatic rings. The molecule has 114 valence electrons. The molecule has 0 bridgehead atoms. The van der Waals surface area contributed by atoms with E-state index in [1.165, 1.54) is 25.9 Å². The van der Waals surface area contributed by atoms with E-state index in [0.717, 1.165) is 25.9 Å². The molecule has 2 N–H and O–H groups in total. The second kappa shape index (κ2) is 8.23. The number of rotatable bonds is 9. The summed E-state index contributed by atoms with van der Waals surface area (Å²) in [4.78, 5) is 2.64. The van der Waals surface area contributed by atoms with Crippen LogP contribution >= 0.6 is 0 Å². The lowest BCUT2D eigenvalue weighted by Gasteiger charge is -2.34. The Hall–Kier alpha value is -0.120. The lowest BCUT2D eigenvalue weighted by molar-refractivity contribution is 0.106. The minimum absolute atomic E-state index is 0.0759. The maximum absolute atomic E-state index is 9.61. The van der Waals surface area contributed by atoms with E-state index < -0.39 is 0 Å². The molecule has 1 unspecified atom stereocenters. The van der Waals surface area contributed by atoms with Crippen LogP contribution in [0.1, 0.15) is 53.4 Å². The van der Waals surface area contributed by atoms with Crippen LogP contribution in [0.25, 0.3) is 0 Å². The first-order valence-corrected chi connectivity index (χ1v) is 8.14. The van der Waals surface area contributed by atoms with Crippen LogP contribution in [0.4, 0.5) is 0 Å². The van der Waals surface area contributed by atoms with Gasteiger partial charge in [-0.3, -0.25) is 4.90 Å². The van der Waals surface area contributed by atoms with Crippen molar-refractivity contribution >= 4 is 0 Å². The van der Waals surface area contributed by atoms with Gasteiger partial charge in [0.2, 0.25) is 0 Å². The van der Waals surface area contributed by atoms with Crippen molar-refractivity contribution in [1.29, 1.82) is 0 Å². The van der Waals surface area contributed by atoms with Gasteiger partial charge in [-0.2, -0.15) is 0 Å². The fourth-order valence-electron chi connectivity index (χ4n) is 3.12. The van der Waals surface area contributed by atoms with Crippen molar-refractivity contribution in [3.63, 3.8) is 0 Å². The first kappa shape index (κ1) is 16.9. The molecule has 0 aliphatic carbocycles. The van der Waals surface area contributed by atoms with E-state index in [1.807, 2.05) is 0 Å². The fourth-order valence-corrected chi connectivity index (χ4v) is 3.12. The molecule has 0 spiro atoms. The Kier molecular flexibility index (Phi) is 7.33. The molecule has 19 heavy (non-hydrogen) atoms. The smallest absolute Gasteiger partial charge is 0.0499 e. The highest BCUT2D eigenvalue weighted by atomic mass is 16.3. The minimum atomic E-state index is 0.0759. The quantitative estimate of drug-likeness (QED) is 0.676. The monoisotopic (exact) mass is 270 g/mol. The van der Waals surface area contributed by atoms with Gasteiger partial charge < -0.3 is 10.4 Å². The van der Waals surface area contributed by atoms with Crippen LogP contribution in [0.5, 0.6) is 0 Å². The molecular formula is C16H34N2O. The molecule has 3 heteroatoms. The van der Waals surface area contributed by atoms with Crippen molar-refractivity contribution in [2.45, 2.75) is 59.4 Å². The van der Waals surface area contributed by atoms with E-state index in [0.29, 0.717) is 18.6 Å². The summed E-state index contributed by atoms with van der Waals surface area (Å²) in [6.45, 7) is 13.8. The molecule has 0 radical (unpaired) electrons. The third-order valence-electron chi connectivity index (χ3n) is 5.07. The van der Waals surface area contributed by atoms with Gasteiger partial charge in [-0.15, -0.1) is 0 Å². The SMILES string of the molecule is CCC(CC)(CO)CNCC(C(C)C)N1CCCC1. The average molecular weight is 270 g/mol. The summed E-state index contributed by atoms with van der Waals surface area (Å²) in [6, 6.07) is 0.646. The summed E-state index contributed by atoms with van der Waals surface area (Å²) in [5.74, 6) is 0.692. The zero-order chi connectivity index (χ0) is 14.3. The third-order valence-corrected chi connectivity index (χ3v) is 5.07. The molecule has 1 fully saturated rings. The summed E-state index contributed by atoms with van der Waals surface area (Å²) >= 11 is 0. The molecule has 3 nitrogen and oxygen atoms in total. The first-order valence-electron chi connectivity index (χ1n) is 8.14. The first-order chi connectivity index (χ1) is 9.08. The highest BCUT2D eigenvalue weighted by molar-refractivity contribution is 4.83. The zero-order valence-corrected chi connectivity index (χ0v) is 13.4. The average Bonchev–Trinajstić information content (AvgIpc) is 2.93. The van der Waals surface area contributed by atoms with Gasteiger partial charge in [0, 0.05) is 31.2 Å². The summed E-state index contributed by atoms with van der Waals surface area (Å²) in [5, 5.41) is 13.2. The minimum Gasteiger partial charge on any atom is -0.396 e. The van der Waals surface area contributed by atoms with Crippen LogP contribution in [0.2, 0.25) is 0 Å². The van der Waals surface area contributed by atoms with Gasteiger partial charge in [0.05, 0.1) is 0 Å². The summed E-state index contributed by atoms with van der Waals surface area (Å²) in [5.41, 5.74) is 0.0759. The second-order valence-corrected chi connectivity index (χ2v) is 6.55. The van der Waals surface area contributed by atoms with Crippen molar-refractivity contribution in [2.75, 3.05) is 32.8 Å². The normalized spacial score (nSPS) is 19.3. The molecule has 1 atom stereocenters. The molecule has 1 saturated heterocycles. The van der Waals surface area contributed by atoms with Crippen LogP contribution in [0.15, 0.2) is 0 Å². The number of likely N-dealkylation sites (tertiary alicyclic amines) is 1. The molecule has 1 aliphatic heterocycles. The van der Waals surface area contributed by atoms with Crippen LogP contribution in [-0.2, 0) is 0 Å². The van der Waals surface area contributed by atoms with Gasteiger partial charge in [-0.25, -0.2) is 0 Å². The highest BCUT2D eigenvalue weighted by Crippen LogP contribution is 2.24. The van der Waals surface area contributed by atoms with E-state index in [2.05, 4.69) is 37.9 Å². The number of nitrogens with one attached hydrogen (secondary N) is 1. The van der Waals surface area contributed by atoms with E-state index in [4.69, 9.17) is 0 Å². The number of nitrogens with zero attached hydrogens (tertiary/aromatic N) is 1. The van der Waals surface area contributed by atoms with Crippen molar-refractivity contribution in [3.05, 3.63) is 0 Å². The fraction of sp³-hybridized carbons (Fsp3) is 1.00. The molecule has 0 amide bonds. The van der Waals surface area contributed by atoms with E-state index in [9.17, 15) is 5.11 Å². The summed E-state index contributed by atoms with van der Waals surface area (Å²) in [7, 11) is 0. The van der Waals surface area contributed by atoms with Gasteiger partial charge in [0.15, 0.2) is 0 Å². The van der Waals surface area contributed by atoms with E-state index >= 15 is 0 Å². The van der Waals surface area contributed by atoms with Crippen molar-refractivity contribution < 1.29 is 5.11 Å². The number of aliphatic hydroxyl groups excluding tert-OH is 1. The van der Waals surface area contributed by atoms with E-state index in [1.54, 1.807) is 0 Å². The Labute approximate surface area is 119 Å². The second-order valence-electron chi connectivity index (χ2n) is 6.55. The Balaban J connectivity index is 2.43. The summed E-state index contributed by atoms with van der Waals surface area (Å²) < 4.78 is 0. The highest BCUT2D eigenvalue weighted by Gasteiger charge is 2.27. The third kappa shape index (κ3) is 4.73. The molecule has 0 saturated carbocycles. The largest absolute Gasteiger partial charge is 0.396 e. The molecule has 1 rings (SSSR count). The van der Waals surface area contributed by atoms with Crippen molar-refractivity contribution in [3.8, 4) is 0 Å². The number of aliphatic hydroxyl groups is 1. The van der Waals surface area contributed by atoms with Crippen molar-refractivity contribution in [1.82, 2.24) is 10.2 Å². The topological polar surface area (TPSA) is 35.5 Å². The number of hydrogen-bond acceptors (Lipinski definition) is 3. The molecule has 1 heterocycles. The Morgan fingerprint density at radius 3 is 2.16 bits per heavy atom. The Morgan fingerprint density at radius 1 is 1.16 bits per heavy atom. The van der Waals surface area contributed by atoms with Crippen LogP contribution in [0, 0.1) is 11.3 Å². The van der Waals surface area contributed by atoms with Gasteiger partial charge in [-0.1, -0.05) is 27.7 Å². The maximum Gasteiger partial charge on any atom is 0.0499 e. The van der Waals surface area contributed by atoms with Gasteiger partial charge in [-0.05, 0) is 44.7 Å². The molecule has 0 aromatic heterocycles. The van der Waals surface area contributed by atoms with Crippen molar-refractivity contribution in [2.24, 2.45) is 11.3 Å². The molecule has 0 aromatic carbocycles.